The van der Waals surface area contributed by atoms with Crippen LogP contribution in [0.5, 0.6) is 0 Å². The lowest BCUT2D eigenvalue weighted by Gasteiger charge is -2.08. The van der Waals surface area contributed by atoms with Gasteiger partial charge in [-0.15, -0.1) is 0 Å². The van der Waals surface area contributed by atoms with Crippen LogP contribution >= 0.6 is 0 Å². The largest absolute Gasteiger partial charge is 0.422 e. The lowest BCUT2D eigenvalue weighted by Crippen LogP contribution is -2.08. The standard InChI is InChI=1S/C10H26O2Si2/c1-9(2)11-13-7-5-6-8-14-12-10(3)4/h9-10H,5-8,13-14H2,1-4H3. The average Bonchev–Trinajstić information content (AvgIpc) is 2.08. The smallest absolute Gasteiger partial charge is 0.161 e. The molecule has 0 spiro atoms. The molecule has 0 aromatic rings. The summed E-state index contributed by atoms with van der Waals surface area (Å²) in [5.74, 6) is 0. The lowest BCUT2D eigenvalue weighted by molar-refractivity contribution is 0.252. The molecule has 0 fully saturated rings. The molecular formula is C10H26O2Si2. The third-order valence-corrected chi connectivity index (χ3v) is 5.32. The van der Waals surface area contributed by atoms with Crippen molar-refractivity contribution < 1.29 is 8.85 Å². The van der Waals surface area contributed by atoms with Crippen LogP contribution in [0.2, 0.25) is 12.1 Å². The molecule has 4 heteroatoms. The summed E-state index contributed by atoms with van der Waals surface area (Å²) in [6.45, 7) is 8.49. The highest BCUT2D eigenvalue weighted by atomic mass is 28.2. The summed E-state index contributed by atoms with van der Waals surface area (Å²) in [7, 11) is -0.423. The summed E-state index contributed by atoms with van der Waals surface area (Å²) in [6, 6.07) is 2.68. The van der Waals surface area contributed by atoms with Gasteiger partial charge in [0.05, 0.1) is 0 Å². The Labute approximate surface area is 93.6 Å². The van der Waals surface area contributed by atoms with E-state index < -0.39 is 0 Å². The molecule has 0 rings (SSSR count). The van der Waals surface area contributed by atoms with E-state index in [0.29, 0.717) is 12.2 Å². The maximum Gasteiger partial charge on any atom is 0.161 e. The van der Waals surface area contributed by atoms with Crippen LogP contribution in [-0.2, 0) is 8.85 Å². The van der Waals surface area contributed by atoms with Gasteiger partial charge in [-0.05, 0) is 39.8 Å². The zero-order valence-corrected chi connectivity index (χ0v) is 13.0. The van der Waals surface area contributed by atoms with Gasteiger partial charge in [0.2, 0.25) is 0 Å². The fourth-order valence-electron chi connectivity index (χ4n) is 1.20. The lowest BCUT2D eigenvalue weighted by atomic mass is 10.4. The van der Waals surface area contributed by atoms with Gasteiger partial charge in [-0.3, -0.25) is 0 Å². The molecule has 0 unspecified atom stereocenters. The van der Waals surface area contributed by atoms with E-state index in [2.05, 4.69) is 27.7 Å². The van der Waals surface area contributed by atoms with Gasteiger partial charge in [0.1, 0.15) is 0 Å². The second-order valence-corrected chi connectivity index (χ2v) is 7.15. The molecule has 0 aromatic heterocycles. The summed E-state index contributed by atoms with van der Waals surface area (Å²) >= 11 is 0. The summed E-state index contributed by atoms with van der Waals surface area (Å²) in [5, 5.41) is 0. The minimum absolute atomic E-state index is 0.211. The van der Waals surface area contributed by atoms with Crippen molar-refractivity contribution in [3.63, 3.8) is 0 Å². The van der Waals surface area contributed by atoms with Crippen LogP contribution in [0.25, 0.3) is 0 Å². The first-order chi connectivity index (χ1) is 6.63. The summed E-state index contributed by atoms with van der Waals surface area (Å²) in [6.07, 6.45) is 3.60. The van der Waals surface area contributed by atoms with Gasteiger partial charge in [0, 0.05) is 12.2 Å². The van der Waals surface area contributed by atoms with Crippen LogP contribution < -0.4 is 0 Å². The topological polar surface area (TPSA) is 18.5 Å². The van der Waals surface area contributed by atoms with Gasteiger partial charge in [-0.1, -0.05) is 12.8 Å². The first kappa shape index (κ1) is 14.4. The van der Waals surface area contributed by atoms with Crippen molar-refractivity contribution in [1.29, 1.82) is 0 Å². The van der Waals surface area contributed by atoms with Gasteiger partial charge in [0.25, 0.3) is 0 Å². The molecule has 14 heavy (non-hydrogen) atoms. The van der Waals surface area contributed by atoms with Gasteiger partial charge in [-0.2, -0.15) is 0 Å². The molecule has 0 heterocycles. The van der Waals surface area contributed by atoms with Crippen molar-refractivity contribution in [1.82, 2.24) is 0 Å². The Kier molecular flexibility index (Phi) is 10.1. The molecule has 0 aliphatic carbocycles. The SMILES string of the molecule is CC(C)O[SiH2]CCCC[SiH2]OC(C)C. The van der Waals surface area contributed by atoms with Crippen LogP contribution in [0.1, 0.15) is 40.5 Å². The molecule has 0 bridgehead atoms. The van der Waals surface area contributed by atoms with Crippen LogP contribution in [0.4, 0.5) is 0 Å². The second-order valence-electron chi connectivity index (χ2n) is 4.25. The van der Waals surface area contributed by atoms with Crippen molar-refractivity contribution in [3.05, 3.63) is 0 Å². The third kappa shape index (κ3) is 12.4. The number of unbranched alkanes of at least 4 members (excludes halogenated alkanes) is 1. The molecule has 0 radical (unpaired) electrons. The highest BCUT2D eigenvalue weighted by Gasteiger charge is 1.96. The van der Waals surface area contributed by atoms with E-state index in [0.717, 1.165) is 0 Å². The summed E-state index contributed by atoms with van der Waals surface area (Å²) < 4.78 is 11.2. The van der Waals surface area contributed by atoms with Gasteiger partial charge >= 0.3 is 0 Å². The molecule has 86 valence electrons. The minimum Gasteiger partial charge on any atom is -0.422 e. The molecule has 2 nitrogen and oxygen atoms in total. The maximum atomic E-state index is 5.61. The Morgan fingerprint density at radius 2 is 1.14 bits per heavy atom. The fourth-order valence-corrected chi connectivity index (χ4v) is 3.59. The Morgan fingerprint density at radius 1 is 0.786 bits per heavy atom. The fraction of sp³-hybridized carbons (Fsp3) is 1.00. The second kappa shape index (κ2) is 9.89. The van der Waals surface area contributed by atoms with Crippen LogP contribution in [0.3, 0.4) is 0 Å². The van der Waals surface area contributed by atoms with E-state index in [-0.39, 0.29) is 19.5 Å². The van der Waals surface area contributed by atoms with E-state index in [1.54, 1.807) is 0 Å². The van der Waals surface area contributed by atoms with E-state index in [1.807, 2.05) is 0 Å². The molecule has 0 atom stereocenters. The zero-order valence-electron chi connectivity index (χ0n) is 10.2. The quantitative estimate of drug-likeness (QED) is 0.446. The molecule has 0 N–H and O–H groups in total. The Morgan fingerprint density at radius 3 is 1.43 bits per heavy atom. The summed E-state index contributed by atoms with van der Waals surface area (Å²) in [5.41, 5.74) is 0. The van der Waals surface area contributed by atoms with Gasteiger partial charge in [0.15, 0.2) is 19.5 Å². The Hall–Kier alpha value is 0.354. The van der Waals surface area contributed by atoms with Crippen molar-refractivity contribution in [2.75, 3.05) is 0 Å². The predicted octanol–water partition coefficient (Wildman–Crippen LogP) is 1.62. The molecule has 0 aliphatic heterocycles. The van der Waals surface area contributed by atoms with Gasteiger partial charge in [-0.25, -0.2) is 0 Å². The number of hydrogen-bond acceptors (Lipinski definition) is 2. The van der Waals surface area contributed by atoms with Crippen LogP contribution in [0.15, 0.2) is 0 Å². The summed E-state index contributed by atoms with van der Waals surface area (Å²) in [4.78, 5) is 0. The monoisotopic (exact) mass is 234 g/mol. The average molecular weight is 234 g/mol. The third-order valence-electron chi connectivity index (χ3n) is 1.94. The van der Waals surface area contributed by atoms with Crippen molar-refractivity contribution in [3.8, 4) is 0 Å². The number of rotatable bonds is 9. The molecule has 0 saturated carbocycles. The zero-order chi connectivity index (χ0) is 10.8. The van der Waals surface area contributed by atoms with Gasteiger partial charge < -0.3 is 8.85 Å². The van der Waals surface area contributed by atoms with E-state index >= 15 is 0 Å². The highest BCUT2D eigenvalue weighted by Crippen LogP contribution is 2.02. The van der Waals surface area contributed by atoms with E-state index in [9.17, 15) is 0 Å². The van der Waals surface area contributed by atoms with E-state index in [1.165, 1.54) is 24.9 Å². The minimum atomic E-state index is -0.211. The number of hydrogen-bond donors (Lipinski definition) is 0. The van der Waals surface area contributed by atoms with Crippen molar-refractivity contribution in [2.24, 2.45) is 0 Å². The highest BCUT2D eigenvalue weighted by molar-refractivity contribution is 6.27. The van der Waals surface area contributed by atoms with Crippen LogP contribution in [-0.4, -0.2) is 31.7 Å². The molecule has 0 amide bonds. The first-order valence-electron chi connectivity index (χ1n) is 5.86. The van der Waals surface area contributed by atoms with E-state index in [4.69, 9.17) is 8.85 Å². The van der Waals surface area contributed by atoms with Crippen LogP contribution in [0, 0.1) is 0 Å². The molecule has 0 aliphatic rings. The molecule has 0 aromatic carbocycles. The predicted molar refractivity (Wildman–Crippen MR) is 68.4 cm³/mol. The molecule has 0 saturated heterocycles. The first-order valence-corrected chi connectivity index (χ1v) is 9.01. The Balaban J connectivity index is 2.92. The van der Waals surface area contributed by atoms with Crippen molar-refractivity contribution in [2.45, 2.75) is 64.8 Å². The normalized spacial score (nSPS) is 13.3. The molecular weight excluding hydrogens is 208 g/mol. The maximum absolute atomic E-state index is 5.61. The Bertz CT molecular complexity index is 105. The van der Waals surface area contributed by atoms with Crippen molar-refractivity contribution >= 4 is 19.5 Å².